The number of nitrogens with two attached hydrogens (primary N) is 1. The summed E-state index contributed by atoms with van der Waals surface area (Å²) in [6.45, 7) is -1.55. The highest BCUT2D eigenvalue weighted by Gasteiger charge is 2.31. The van der Waals surface area contributed by atoms with Crippen molar-refractivity contribution in [1.82, 2.24) is 23.7 Å². The molecule has 0 unspecified atom stereocenters. The van der Waals surface area contributed by atoms with E-state index in [0.717, 1.165) is 10.1 Å². The summed E-state index contributed by atoms with van der Waals surface area (Å²) < 4.78 is 80.7. The second kappa shape index (κ2) is 8.78. The molecule has 0 aliphatic carbocycles. The third-order valence-electron chi connectivity index (χ3n) is 5.43. The predicted molar refractivity (Wildman–Crippen MR) is 112 cm³/mol. The smallest absolute Gasteiger partial charge is 0.326 e. The van der Waals surface area contributed by atoms with Crippen molar-refractivity contribution in [2.45, 2.75) is 51.4 Å². The average molecular weight is 486 g/mol. The van der Waals surface area contributed by atoms with E-state index in [-0.39, 0.29) is 42.9 Å². The number of aromatic nitrogens is 5. The van der Waals surface area contributed by atoms with Gasteiger partial charge in [0.2, 0.25) is 0 Å². The molecule has 3 aromatic heterocycles. The van der Waals surface area contributed by atoms with Crippen LogP contribution in [0.3, 0.4) is 0 Å². The first-order valence-electron chi connectivity index (χ1n) is 10.3. The molecule has 0 aliphatic rings. The number of benzene rings is 1. The van der Waals surface area contributed by atoms with E-state index in [0.29, 0.717) is 15.6 Å². The van der Waals surface area contributed by atoms with Crippen LogP contribution >= 0.6 is 0 Å². The molecule has 0 aliphatic heterocycles. The van der Waals surface area contributed by atoms with E-state index in [1.807, 2.05) is 0 Å². The lowest BCUT2D eigenvalue weighted by atomic mass is 10.2. The van der Waals surface area contributed by atoms with Gasteiger partial charge in [-0.1, -0.05) is 6.07 Å². The van der Waals surface area contributed by atoms with Crippen LogP contribution in [0, 0.1) is 0 Å². The molecule has 0 spiro atoms. The molecule has 1 aromatic carbocycles. The first-order chi connectivity index (χ1) is 16.0. The molecule has 0 atom stereocenters. The van der Waals surface area contributed by atoms with Gasteiger partial charge >= 0.3 is 18.0 Å². The van der Waals surface area contributed by atoms with Crippen molar-refractivity contribution in [2.24, 2.45) is 5.73 Å². The fraction of sp³-hybridized carbons (Fsp3) is 0.381. The molecule has 182 valence electrons. The highest BCUT2D eigenvalue weighted by Crippen LogP contribution is 2.25. The number of alkyl halides is 6. The minimum Gasteiger partial charge on any atom is -0.326 e. The Kier molecular flexibility index (Phi) is 6.14. The molecule has 0 saturated carbocycles. The summed E-state index contributed by atoms with van der Waals surface area (Å²) in [6, 6.07) is 6.40. The first kappa shape index (κ1) is 23.8. The van der Waals surface area contributed by atoms with Crippen LogP contribution in [-0.4, -0.2) is 36.0 Å². The molecule has 0 bridgehead atoms. The quantitative estimate of drug-likeness (QED) is 0.401. The number of hydrogen-bond donors (Lipinski definition) is 1. The fourth-order valence-corrected chi connectivity index (χ4v) is 3.95. The maximum Gasteiger partial charge on any atom is 0.406 e. The summed E-state index contributed by atoms with van der Waals surface area (Å²) in [5, 5.41) is 0. The van der Waals surface area contributed by atoms with Crippen LogP contribution in [0.1, 0.15) is 24.2 Å². The molecule has 2 N–H and O–H groups in total. The molecular weight excluding hydrogens is 466 g/mol. The van der Waals surface area contributed by atoms with Crippen molar-refractivity contribution < 1.29 is 26.3 Å². The lowest BCUT2D eigenvalue weighted by Gasteiger charge is -2.11. The molecule has 3 heterocycles. The van der Waals surface area contributed by atoms with Crippen molar-refractivity contribution in [1.29, 1.82) is 0 Å². The van der Waals surface area contributed by atoms with Gasteiger partial charge < -0.3 is 10.3 Å². The average Bonchev–Trinajstić information content (AvgIpc) is 3.22. The Morgan fingerprint density at radius 2 is 1.68 bits per heavy atom. The summed E-state index contributed by atoms with van der Waals surface area (Å²) in [5.74, 6) is 0.239. The van der Waals surface area contributed by atoms with Crippen molar-refractivity contribution in [3.63, 3.8) is 0 Å². The Morgan fingerprint density at radius 3 is 2.35 bits per heavy atom. The molecule has 13 heteroatoms. The van der Waals surface area contributed by atoms with Gasteiger partial charge in [0.25, 0.3) is 0 Å². The van der Waals surface area contributed by atoms with Crippen molar-refractivity contribution in [3.8, 4) is 0 Å². The molecule has 4 rings (SSSR count). The third-order valence-corrected chi connectivity index (χ3v) is 5.43. The van der Waals surface area contributed by atoms with E-state index in [1.165, 1.54) is 18.5 Å². The van der Waals surface area contributed by atoms with Gasteiger partial charge in [-0.25, -0.2) is 9.78 Å². The van der Waals surface area contributed by atoms with E-state index in [2.05, 4.69) is 9.97 Å². The summed E-state index contributed by atoms with van der Waals surface area (Å²) in [5.41, 5.74) is 6.71. The SMILES string of the molecule is NCc1ccc2c(c1)nc(Cn1c(=O)n(CC(F)(F)F)c3ccncc31)n2CCCC(F)(F)F. The van der Waals surface area contributed by atoms with Crippen LogP contribution in [0.4, 0.5) is 26.3 Å². The Bertz CT molecular complexity index is 1380. The standard InChI is InChI=1S/C21H20F6N6O/c22-20(23,24)5-1-7-31-15-3-2-13(9-28)8-14(15)30-18(31)11-32-17-10-29-6-4-16(17)33(19(32)34)12-21(25,26)27/h2-4,6,8,10H,1,5,7,9,11-12,28H2. The van der Waals surface area contributed by atoms with Crippen LogP contribution in [-0.2, 0) is 26.2 Å². The Labute approximate surface area is 188 Å². The number of aryl methyl sites for hydroxylation is 1. The topological polar surface area (TPSA) is 83.7 Å². The summed E-state index contributed by atoms with van der Waals surface area (Å²) in [6.07, 6.45) is -7.66. The zero-order valence-electron chi connectivity index (χ0n) is 17.7. The fourth-order valence-electron chi connectivity index (χ4n) is 3.95. The van der Waals surface area contributed by atoms with E-state index in [1.54, 1.807) is 22.8 Å². The first-order valence-corrected chi connectivity index (χ1v) is 10.3. The van der Waals surface area contributed by atoms with Crippen LogP contribution in [0.25, 0.3) is 22.1 Å². The van der Waals surface area contributed by atoms with Crippen molar-refractivity contribution >= 4 is 22.1 Å². The lowest BCUT2D eigenvalue weighted by Crippen LogP contribution is -2.30. The van der Waals surface area contributed by atoms with Gasteiger partial charge in [-0.3, -0.25) is 14.1 Å². The lowest BCUT2D eigenvalue weighted by molar-refractivity contribution is -0.140. The molecule has 34 heavy (non-hydrogen) atoms. The Morgan fingerprint density at radius 1 is 0.912 bits per heavy atom. The van der Waals surface area contributed by atoms with Gasteiger partial charge in [-0.15, -0.1) is 0 Å². The number of halogens is 6. The highest BCUT2D eigenvalue weighted by atomic mass is 19.4. The molecule has 7 nitrogen and oxygen atoms in total. The van der Waals surface area contributed by atoms with Crippen molar-refractivity contribution in [3.05, 3.63) is 58.5 Å². The largest absolute Gasteiger partial charge is 0.406 e. The number of imidazole rings is 2. The molecular formula is C21H20F6N6O. The van der Waals surface area contributed by atoms with Gasteiger partial charge in [0.15, 0.2) is 0 Å². The number of rotatable bonds is 7. The number of nitrogens with zero attached hydrogens (tertiary/aromatic N) is 5. The summed E-state index contributed by atoms with van der Waals surface area (Å²) in [4.78, 5) is 21.3. The molecule has 0 radical (unpaired) electrons. The predicted octanol–water partition coefficient (Wildman–Crippen LogP) is 3.96. The van der Waals surface area contributed by atoms with E-state index < -0.39 is 31.0 Å². The van der Waals surface area contributed by atoms with Crippen molar-refractivity contribution in [2.75, 3.05) is 0 Å². The molecule has 0 fully saturated rings. The molecule has 0 saturated heterocycles. The summed E-state index contributed by atoms with van der Waals surface area (Å²) >= 11 is 0. The normalized spacial score (nSPS) is 12.8. The summed E-state index contributed by atoms with van der Waals surface area (Å²) in [7, 11) is 0. The van der Waals surface area contributed by atoms with Crippen LogP contribution in [0.2, 0.25) is 0 Å². The minimum absolute atomic E-state index is 0.0402. The number of pyridine rings is 1. The van der Waals surface area contributed by atoms with Gasteiger partial charge in [-0.2, -0.15) is 26.3 Å². The van der Waals surface area contributed by atoms with E-state index >= 15 is 0 Å². The molecule has 0 amide bonds. The molecule has 4 aromatic rings. The van der Waals surface area contributed by atoms with Gasteiger partial charge in [-0.05, 0) is 30.2 Å². The highest BCUT2D eigenvalue weighted by molar-refractivity contribution is 5.77. The van der Waals surface area contributed by atoms with Crippen LogP contribution in [0.15, 0.2) is 41.5 Å². The monoisotopic (exact) mass is 486 g/mol. The second-order valence-corrected chi connectivity index (χ2v) is 7.86. The van der Waals surface area contributed by atoms with Crippen LogP contribution in [0.5, 0.6) is 0 Å². The van der Waals surface area contributed by atoms with Gasteiger partial charge in [0, 0.05) is 25.7 Å². The van der Waals surface area contributed by atoms with Crippen LogP contribution < -0.4 is 11.4 Å². The zero-order valence-corrected chi connectivity index (χ0v) is 17.7. The minimum atomic E-state index is -4.63. The maximum atomic E-state index is 13.1. The zero-order chi connectivity index (χ0) is 24.7. The third kappa shape index (κ3) is 4.93. The second-order valence-electron chi connectivity index (χ2n) is 7.86. The van der Waals surface area contributed by atoms with E-state index in [4.69, 9.17) is 5.73 Å². The van der Waals surface area contributed by atoms with Gasteiger partial charge in [0.1, 0.15) is 12.4 Å². The maximum absolute atomic E-state index is 13.1. The van der Waals surface area contributed by atoms with E-state index in [9.17, 15) is 31.1 Å². The van der Waals surface area contributed by atoms with Gasteiger partial charge in [0.05, 0.1) is 34.8 Å². The number of fused-ring (bicyclic) bond motifs is 2. The Balaban J connectivity index is 1.80. The number of hydrogen-bond acceptors (Lipinski definition) is 4. The Hall–Kier alpha value is -3.35.